The Bertz CT molecular complexity index is 1480. The van der Waals surface area contributed by atoms with Gasteiger partial charge in [0.15, 0.2) is 0 Å². The van der Waals surface area contributed by atoms with E-state index in [9.17, 15) is 19.2 Å². The normalized spacial score (nSPS) is 22.6. The highest BCUT2D eigenvalue weighted by molar-refractivity contribution is 7.21. The third-order valence-corrected chi connectivity index (χ3v) is 9.25. The lowest BCUT2D eigenvalue weighted by Crippen LogP contribution is -2.29. The van der Waals surface area contributed by atoms with Crippen molar-refractivity contribution in [2.24, 2.45) is 23.7 Å². The molecule has 2 aliphatic rings. The zero-order chi connectivity index (χ0) is 28.9. The van der Waals surface area contributed by atoms with Gasteiger partial charge in [-0.25, -0.2) is 0 Å². The predicted molar refractivity (Wildman–Crippen MR) is 156 cm³/mol. The van der Waals surface area contributed by atoms with Gasteiger partial charge in [-0.05, 0) is 94.5 Å². The number of carbonyl (C=O) groups excluding carboxylic acids is 3. The quantitative estimate of drug-likeness (QED) is 0.237. The molecule has 0 unspecified atom stereocenters. The van der Waals surface area contributed by atoms with Crippen LogP contribution in [0.15, 0.2) is 47.3 Å². The number of carbonyl (C=O) groups is 3. The largest absolute Gasteiger partial charge is 0.466 e. The topological polar surface area (TPSA) is 109 Å². The molecule has 0 spiro atoms. The SMILES string of the molecule is CCOC(=O)[C@H]1CC[C@H](C(=O)Oc2ccc(OC(=O)C3CCC(C)CC3)cc2-c2nc(=O)c3ccccc3s2)CC1. The smallest absolute Gasteiger partial charge is 0.314 e. The molecule has 2 aliphatic carbocycles. The molecule has 8 nitrogen and oxygen atoms in total. The van der Waals surface area contributed by atoms with Crippen LogP contribution >= 0.6 is 11.3 Å². The van der Waals surface area contributed by atoms with Crippen LogP contribution in [0.5, 0.6) is 11.5 Å². The molecule has 0 saturated heterocycles. The molecule has 216 valence electrons. The second kappa shape index (κ2) is 12.9. The summed E-state index contributed by atoms with van der Waals surface area (Å²) in [5.74, 6) is -0.424. The Kier molecular flexibility index (Phi) is 9.12. The van der Waals surface area contributed by atoms with E-state index in [0.29, 0.717) is 59.9 Å². The van der Waals surface area contributed by atoms with Gasteiger partial charge in [-0.15, -0.1) is 11.3 Å². The zero-order valence-corrected chi connectivity index (χ0v) is 24.2. The highest BCUT2D eigenvalue weighted by atomic mass is 32.1. The number of rotatable bonds is 7. The monoisotopic (exact) mass is 577 g/mol. The molecule has 3 aromatic rings. The van der Waals surface area contributed by atoms with Gasteiger partial charge in [-0.2, -0.15) is 4.98 Å². The molecule has 0 amide bonds. The lowest BCUT2D eigenvalue weighted by atomic mass is 9.82. The van der Waals surface area contributed by atoms with Crippen LogP contribution in [0, 0.1) is 23.7 Å². The molecule has 0 N–H and O–H groups in total. The van der Waals surface area contributed by atoms with E-state index in [1.165, 1.54) is 11.3 Å². The van der Waals surface area contributed by atoms with Gasteiger partial charge in [0, 0.05) is 4.70 Å². The Morgan fingerprint density at radius 2 is 1.44 bits per heavy atom. The summed E-state index contributed by atoms with van der Waals surface area (Å²) in [5, 5.41) is 0.874. The van der Waals surface area contributed by atoms with E-state index in [4.69, 9.17) is 14.2 Å². The Balaban J connectivity index is 1.39. The standard InChI is InChI=1S/C32H35NO7S/c1-3-38-30(35)20-12-14-22(15-13-20)32(37)40-26-17-16-23(39-31(36)21-10-8-19(2)9-11-21)18-25(26)29-33-28(34)24-6-4-5-7-27(24)41-29/h4-7,16-22H,3,8-15H2,1-2H3/t19?,20-,21?,22-. The van der Waals surface area contributed by atoms with Crippen LogP contribution in [0.1, 0.15) is 65.2 Å². The van der Waals surface area contributed by atoms with E-state index in [2.05, 4.69) is 11.9 Å². The molecular formula is C32H35NO7S. The van der Waals surface area contributed by atoms with Crippen molar-refractivity contribution in [2.75, 3.05) is 6.61 Å². The maximum Gasteiger partial charge on any atom is 0.314 e. The first kappa shape index (κ1) is 28.9. The van der Waals surface area contributed by atoms with Gasteiger partial charge in [0.25, 0.3) is 5.56 Å². The van der Waals surface area contributed by atoms with E-state index in [1.807, 2.05) is 12.1 Å². The Morgan fingerprint density at radius 3 is 2.12 bits per heavy atom. The number of hydrogen-bond acceptors (Lipinski definition) is 9. The average Bonchev–Trinajstić information content (AvgIpc) is 2.98. The highest BCUT2D eigenvalue weighted by Crippen LogP contribution is 2.38. The van der Waals surface area contributed by atoms with Crippen molar-refractivity contribution in [2.45, 2.75) is 65.2 Å². The van der Waals surface area contributed by atoms with Crippen LogP contribution in [-0.4, -0.2) is 29.5 Å². The van der Waals surface area contributed by atoms with E-state index in [0.717, 1.165) is 30.4 Å². The van der Waals surface area contributed by atoms with Crippen molar-refractivity contribution in [3.05, 3.63) is 52.8 Å². The minimum atomic E-state index is -0.400. The summed E-state index contributed by atoms with van der Waals surface area (Å²) in [4.78, 5) is 55.4. The molecule has 2 fully saturated rings. The van der Waals surface area contributed by atoms with E-state index in [1.54, 1.807) is 37.3 Å². The number of hydrogen-bond donors (Lipinski definition) is 0. The Labute approximate surface area is 243 Å². The van der Waals surface area contributed by atoms with E-state index in [-0.39, 0.29) is 41.0 Å². The molecule has 0 atom stereocenters. The molecule has 2 saturated carbocycles. The minimum Gasteiger partial charge on any atom is -0.466 e. The molecule has 0 aliphatic heterocycles. The van der Waals surface area contributed by atoms with Gasteiger partial charge < -0.3 is 14.2 Å². The van der Waals surface area contributed by atoms with Crippen molar-refractivity contribution >= 4 is 39.3 Å². The van der Waals surface area contributed by atoms with Gasteiger partial charge >= 0.3 is 17.9 Å². The molecule has 0 bridgehead atoms. The molecular weight excluding hydrogens is 542 g/mol. The first-order valence-corrected chi connectivity index (χ1v) is 15.3. The Morgan fingerprint density at radius 1 is 0.829 bits per heavy atom. The second-order valence-corrected chi connectivity index (χ2v) is 12.1. The molecule has 1 heterocycles. The Hall–Kier alpha value is -3.59. The molecule has 2 aromatic carbocycles. The van der Waals surface area contributed by atoms with Crippen LogP contribution in [0.3, 0.4) is 0 Å². The summed E-state index contributed by atoms with van der Waals surface area (Å²) in [6.45, 7) is 4.31. The number of benzene rings is 2. The van der Waals surface area contributed by atoms with Crippen LogP contribution in [0.25, 0.3) is 20.7 Å². The number of nitrogens with zero attached hydrogens (tertiary/aromatic N) is 1. The van der Waals surface area contributed by atoms with Gasteiger partial charge in [0.1, 0.15) is 16.5 Å². The number of ether oxygens (including phenoxy) is 3. The first-order valence-electron chi connectivity index (χ1n) is 14.5. The summed E-state index contributed by atoms with van der Waals surface area (Å²) < 4.78 is 17.5. The summed E-state index contributed by atoms with van der Waals surface area (Å²) in [7, 11) is 0. The number of esters is 3. The third kappa shape index (κ3) is 6.84. The number of fused-ring (bicyclic) bond motifs is 1. The maximum atomic E-state index is 13.2. The first-order chi connectivity index (χ1) is 19.8. The lowest BCUT2D eigenvalue weighted by Gasteiger charge is -2.26. The summed E-state index contributed by atoms with van der Waals surface area (Å²) in [5.41, 5.74) is 0.0246. The molecule has 5 rings (SSSR count). The van der Waals surface area contributed by atoms with Crippen LogP contribution < -0.4 is 15.0 Å². The van der Waals surface area contributed by atoms with Crippen LogP contribution in [-0.2, 0) is 19.1 Å². The van der Waals surface area contributed by atoms with Crippen LogP contribution in [0.4, 0.5) is 0 Å². The molecule has 9 heteroatoms. The summed E-state index contributed by atoms with van der Waals surface area (Å²) >= 11 is 1.30. The highest BCUT2D eigenvalue weighted by Gasteiger charge is 2.32. The van der Waals surface area contributed by atoms with Crippen molar-refractivity contribution in [1.82, 2.24) is 4.98 Å². The van der Waals surface area contributed by atoms with Crippen molar-refractivity contribution < 1.29 is 28.6 Å². The fraction of sp³-hybridized carbons (Fsp3) is 0.469. The maximum absolute atomic E-state index is 13.2. The van der Waals surface area contributed by atoms with Crippen molar-refractivity contribution in [1.29, 1.82) is 0 Å². The van der Waals surface area contributed by atoms with Crippen molar-refractivity contribution in [3.63, 3.8) is 0 Å². The van der Waals surface area contributed by atoms with E-state index < -0.39 is 5.97 Å². The van der Waals surface area contributed by atoms with Crippen LogP contribution in [0.2, 0.25) is 0 Å². The third-order valence-electron chi connectivity index (χ3n) is 8.17. The second-order valence-electron chi connectivity index (χ2n) is 11.1. The van der Waals surface area contributed by atoms with Gasteiger partial charge in [-0.1, -0.05) is 19.1 Å². The number of aromatic nitrogens is 1. The van der Waals surface area contributed by atoms with E-state index >= 15 is 0 Å². The summed E-state index contributed by atoms with van der Waals surface area (Å²) in [6.07, 6.45) is 5.77. The van der Waals surface area contributed by atoms with Gasteiger partial charge in [0.2, 0.25) is 0 Å². The summed E-state index contributed by atoms with van der Waals surface area (Å²) in [6, 6.07) is 12.0. The minimum absolute atomic E-state index is 0.147. The molecule has 1 aromatic heterocycles. The lowest BCUT2D eigenvalue weighted by molar-refractivity contribution is -0.151. The fourth-order valence-corrected chi connectivity index (χ4v) is 6.69. The predicted octanol–water partition coefficient (Wildman–Crippen LogP) is 6.33. The zero-order valence-electron chi connectivity index (χ0n) is 23.4. The van der Waals surface area contributed by atoms with Gasteiger partial charge in [0.05, 0.1) is 35.3 Å². The van der Waals surface area contributed by atoms with Gasteiger partial charge in [-0.3, -0.25) is 19.2 Å². The van der Waals surface area contributed by atoms with Crippen molar-refractivity contribution in [3.8, 4) is 22.1 Å². The molecule has 41 heavy (non-hydrogen) atoms. The average molecular weight is 578 g/mol. The fourth-order valence-electron chi connectivity index (χ4n) is 5.67. The molecule has 0 radical (unpaired) electrons.